The van der Waals surface area contributed by atoms with Crippen molar-refractivity contribution in [2.45, 2.75) is 13.3 Å². The molecule has 0 aromatic heterocycles. The smallest absolute Gasteiger partial charge is 0.243 e. The Hall–Kier alpha value is -3.40. The van der Waals surface area contributed by atoms with E-state index in [4.69, 9.17) is 0 Å². The molecule has 3 amide bonds. The molecule has 31 heavy (non-hydrogen) atoms. The van der Waals surface area contributed by atoms with Crippen molar-refractivity contribution < 1.29 is 27.6 Å². The molecular weight excluding hydrogens is 413 g/mol. The molecule has 0 atom stereocenters. The lowest BCUT2D eigenvalue weighted by molar-refractivity contribution is -0.125. The van der Waals surface area contributed by atoms with Crippen LogP contribution in [0.2, 0.25) is 0 Å². The summed E-state index contributed by atoms with van der Waals surface area (Å²) in [4.78, 5) is 37.4. The molecule has 0 bridgehead atoms. The first-order valence-corrected chi connectivity index (χ1v) is 9.47. The molecule has 3 N–H and O–H groups in total. The zero-order valence-electron chi connectivity index (χ0n) is 17.1. The minimum atomic E-state index is -1.71. The summed E-state index contributed by atoms with van der Waals surface area (Å²) in [6.45, 7) is 1.23. The van der Waals surface area contributed by atoms with Crippen LogP contribution in [0.1, 0.15) is 12.5 Å². The molecule has 0 aliphatic rings. The van der Waals surface area contributed by atoms with Crippen LogP contribution in [0.15, 0.2) is 36.4 Å². The topological polar surface area (TPSA) is 90.5 Å². The molecule has 2 rings (SSSR count). The van der Waals surface area contributed by atoms with Gasteiger partial charge in [0.25, 0.3) is 0 Å². The largest absolute Gasteiger partial charge is 0.346 e. The molecule has 0 saturated carbocycles. The molecule has 0 saturated heterocycles. The number of nitrogens with zero attached hydrogens (tertiary/aromatic N) is 1. The molecule has 166 valence electrons. The molecule has 0 unspecified atom stereocenters. The fraction of sp³-hybridized carbons (Fsp3) is 0.286. The SMILES string of the molecule is CCc1ccccc1NC(=O)CN(C)CC(=O)NCC(=O)Nc1ccc(F)c(F)c1F. The number of hydrogen-bond donors (Lipinski definition) is 3. The number of rotatable bonds is 9. The van der Waals surface area contributed by atoms with Gasteiger partial charge in [-0.3, -0.25) is 19.3 Å². The van der Waals surface area contributed by atoms with Gasteiger partial charge in [0.2, 0.25) is 17.7 Å². The Labute approximate surface area is 177 Å². The highest BCUT2D eigenvalue weighted by Gasteiger charge is 2.16. The van der Waals surface area contributed by atoms with E-state index in [1.54, 1.807) is 13.1 Å². The van der Waals surface area contributed by atoms with E-state index in [2.05, 4.69) is 10.6 Å². The molecule has 10 heteroatoms. The zero-order chi connectivity index (χ0) is 23.0. The lowest BCUT2D eigenvalue weighted by Crippen LogP contribution is -2.41. The number of benzene rings is 2. The molecule has 7 nitrogen and oxygen atoms in total. The van der Waals surface area contributed by atoms with E-state index in [1.165, 1.54) is 4.90 Å². The summed E-state index contributed by atoms with van der Waals surface area (Å²) in [6, 6.07) is 8.93. The van der Waals surface area contributed by atoms with E-state index < -0.39 is 41.5 Å². The van der Waals surface area contributed by atoms with Gasteiger partial charge in [0.1, 0.15) is 0 Å². The molecule has 0 fully saturated rings. The van der Waals surface area contributed by atoms with Gasteiger partial charge in [-0.1, -0.05) is 25.1 Å². The Morgan fingerprint density at radius 3 is 2.19 bits per heavy atom. The van der Waals surface area contributed by atoms with Gasteiger partial charge in [0.15, 0.2) is 17.5 Å². The lowest BCUT2D eigenvalue weighted by Gasteiger charge is -2.17. The highest BCUT2D eigenvalue weighted by atomic mass is 19.2. The summed E-state index contributed by atoms with van der Waals surface area (Å²) in [5, 5.41) is 7.14. The van der Waals surface area contributed by atoms with Crippen molar-refractivity contribution in [1.82, 2.24) is 10.2 Å². The predicted molar refractivity (Wildman–Crippen MR) is 110 cm³/mol. The summed E-state index contributed by atoms with van der Waals surface area (Å²) in [5.41, 5.74) is 1.15. The van der Waals surface area contributed by atoms with Crippen LogP contribution < -0.4 is 16.0 Å². The third-order valence-corrected chi connectivity index (χ3v) is 4.25. The predicted octanol–water partition coefficient (Wildman–Crippen LogP) is 2.29. The lowest BCUT2D eigenvalue weighted by atomic mass is 10.1. The number of para-hydroxylation sites is 1. The van der Waals surface area contributed by atoms with Crippen LogP contribution in [0.4, 0.5) is 24.5 Å². The second kappa shape index (κ2) is 11.1. The molecule has 0 radical (unpaired) electrons. The monoisotopic (exact) mass is 436 g/mol. The first-order valence-electron chi connectivity index (χ1n) is 9.47. The number of carbonyl (C=O) groups is 3. The summed E-state index contributed by atoms with van der Waals surface area (Å²) in [6.07, 6.45) is 0.755. The van der Waals surface area contributed by atoms with Crippen molar-refractivity contribution >= 4 is 29.1 Å². The van der Waals surface area contributed by atoms with Crippen molar-refractivity contribution in [3.05, 3.63) is 59.4 Å². The van der Waals surface area contributed by atoms with E-state index in [1.807, 2.05) is 30.4 Å². The number of carbonyl (C=O) groups excluding carboxylic acids is 3. The van der Waals surface area contributed by atoms with Crippen LogP contribution in [0.5, 0.6) is 0 Å². The minimum Gasteiger partial charge on any atom is -0.346 e. The number of nitrogens with one attached hydrogen (secondary N) is 3. The van der Waals surface area contributed by atoms with Crippen molar-refractivity contribution in [2.24, 2.45) is 0 Å². The standard InChI is InChI=1S/C21H23F3N4O3/c1-3-13-6-4-5-7-15(13)26-19(31)12-28(2)11-18(30)25-10-17(29)27-16-9-8-14(22)20(23)21(16)24/h4-9H,3,10-12H2,1-2H3,(H,25,30)(H,26,31)(H,27,29). The summed E-state index contributed by atoms with van der Waals surface area (Å²) in [5.74, 6) is -6.30. The van der Waals surface area contributed by atoms with Gasteiger partial charge in [-0.05, 0) is 37.2 Å². The van der Waals surface area contributed by atoms with Crippen LogP contribution in [0.3, 0.4) is 0 Å². The van der Waals surface area contributed by atoms with Crippen molar-refractivity contribution in [3.63, 3.8) is 0 Å². The average molecular weight is 436 g/mol. The summed E-state index contributed by atoms with van der Waals surface area (Å²) < 4.78 is 39.6. The highest BCUT2D eigenvalue weighted by molar-refractivity contribution is 5.95. The Bertz CT molecular complexity index is 969. The molecule has 0 aliphatic heterocycles. The molecule has 0 aliphatic carbocycles. The van der Waals surface area contributed by atoms with Crippen LogP contribution >= 0.6 is 0 Å². The van der Waals surface area contributed by atoms with Gasteiger partial charge in [-0.2, -0.15) is 0 Å². The number of hydrogen-bond acceptors (Lipinski definition) is 4. The van der Waals surface area contributed by atoms with Gasteiger partial charge in [0.05, 0.1) is 25.3 Å². The number of aryl methyl sites for hydroxylation is 1. The first kappa shape index (κ1) is 23.9. The van der Waals surface area contributed by atoms with Crippen LogP contribution in [-0.2, 0) is 20.8 Å². The van der Waals surface area contributed by atoms with Gasteiger partial charge >= 0.3 is 0 Å². The maximum Gasteiger partial charge on any atom is 0.243 e. The van der Waals surface area contributed by atoms with Crippen LogP contribution in [0, 0.1) is 17.5 Å². The van der Waals surface area contributed by atoms with E-state index in [0.717, 1.165) is 18.1 Å². The molecule has 0 spiro atoms. The Morgan fingerprint density at radius 1 is 0.839 bits per heavy atom. The maximum absolute atomic E-state index is 13.6. The summed E-state index contributed by atoms with van der Waals surface area (Å²) in [7, 11) is 1.56. The second-order valence-electron chi connectivity index (χ2n) is 6.78. The Kier molecular flexibility index (Phi) is 8.56. The molecule has 0 heterocycles. The fourth-order valence-corrected chi connectivity index (χ4v) is 2.74. The van der Waals surface area contributed by atoms with E-state index in [-0.39, 0.29) is 19.0 Å². The average Bonchev–Trinajstić information content (AvgIpc) is 2.73. The Morgan fingerprint density at radius 2 is 1.48 bits per heavy atom. The highest BCUT2D eigenvalue weighted by Crippen LogP contribution is 2.19. The molecule has 2 aromatic carbocycles. The van der Waals surface area contributed by atoms with Crippen molar-refractivity contribution in [1.29, 1.82) is 0 Å². The number of likely N-dealkylation sites (N-methyl/N-ethyl adjacent to an activating group) is 1. The first-order chi connectivity index (χ1) is 14.7. The second-order valence-corrected chi connectivity index (χ2v) is 6.78. The van der Waals surface area contributed by atoms with Crippen LogP contribution in [0.25, 0.3) is 0 Å². The minimum absolute atomic E-state index is 0.0578. The Balaban J connectivity index is 1.77. The van der Waals surface area contributed by atoms with Crippen molar-refractivity contribution in [2.75, 3.05) is 37.3 Å². The molecule has 2 aromatic rings. The van der Waals surface area contributed by atoms with E-state index in [9.17, 15) is 27.6 Å². The maximum atomic E-state index is 13.6. The van der Waals surface area contributed by atoms with Gasteiger partial charge in [-0.25, -0.2) is 13.2 Å². The number of anilines is 2. The number of halogens is 3. The van der Waals surface area contributed by atoms with Gasteiger partial charge < -0.3 is 16.0 Å². The van der Waals surface area contributed by atoms with E-state index >= 15 is 0 Å². The third kappa shape index (κ3) is 7.10. The van der Waals surface area contributed by atoms with Gasteiger partial charge in [-0.15, -0.1) is 0 Å². The summed E-state index contributed by atoms with van der Waals surface area (Å²) >= 11 is 0. The van der Waals surface area contributed by atoms with Gasteiger partial charge in [0, 0.05) is 5.69 Å². The zero-order valence-corrected chi connectivity index (χ0v) is 17.1. The van der Waals surface area contributed by atoms with Crippen LogP contribution in [-0.4, -0.2) is 49.3 Å². The van der Waals surface area contributed by atoms with Crippen molar-refractivity contribution in [3.8, 4) is 0 Å². The number of amides is 3. The fourth-order valence-electron chi connectivity index (χ4n) is 2.74. The van der Waals surface area contributed by atoms with E-state index in [0.29, 0.717) is 11.8 Å². The molecular formula is C21H23F3N4O3. The quantitative estimate of drug-likeness (QED) is 0.526. The third-order valence-electron chi connectivity index (χ3n) is 4.25. The normalized spacial score (nSPS) is 10.6.